The number of nitriles is 2. The second kappa shape index (κ2) is 15.4. The van der Waals surface area contributed by atoms with Gasteiger partial charge in [-0.2, -0.15) is 10.5 Å². The van der Waals surface area contributed by atoms with Gasteiger partial charge < -0.3 is 0 Å². The van der Waals surface area contributed by atoms with E-state index in [9.17, 15) is 8.42 Å². The summed E-state index contributed by atoms with van der Waals surface area (Å²) in [5, 5.41) is 17.1. The summed E-state index contributed by atoms with van der Waals surface area (Å²) in [6.45, 7) is 3.23. The Kier molecular flexibility index (Phi) is 14.7. The normalized spacial score (nSPS) is 11.3. The minimum atomic E-state index is -3.19. The molecule has 0 fully saturated rings. The Morgan fingerprint density at radius 1 is 0.750 bits per heavy atom. The molecule has 0 rings (SSSR count). The van der Waals surface area contributed by atoms with Crippen LogP contribution in [0.1, 0.15) is 84.0 Å². The summed E-state index contributed by atoms with van der Waals surface area (Å²) in [5.74, 6) is 0.239. The van der Waals surface area contributed by atoms with E-state index in [1.165, 1.54) is 0 Å². The Bertz CT molecular complexity index is 453. The van der Waals surface area contributed by atoms with E-state index in [0.29, 0.717) is 25.9 Å². The molecule has 5 nitrogen and oxygen atoms in total. The van der Waals surface area contributed by atoms with Gasteiger partial charge in [-0.3, -0.25) is 0 Å². The van der Waals surface area contributed by atoms with Crippen molar-refractivity contribution in [3.05, 3.63) is 0 Å². The first kappa shape index (κ1) is 22.9. The van der Waals surface area contributed by atoms with Gasteiger partial charge in [-0.15, -0.1) is 0 Å². The van der Waals surface area contributed by atoms with Gasteiger partial charge in [0.15, 0.2) is 0 Å². The molecule has 0 aliphatic rings. The highest BCUT2D eigenvalue weighted by molar-refractivity contribution is 7.89. The SMILES string of the molecule is CCCCCCS(=O)(=O)N(CCCCCC#N)CCCCCC#N. The Labute approximate surface area is 148 Å². The van der Waals surface area contributed by atoms with Crippen molar-refractivity contribution in [2.75, 3.05) is 18.8 Å². The quantitative estimate of drug-likeness (QED) is 0.385. The summed E-state index contributed by atoms with van der Waals surface area (Å²) in [4.78, 5) is 0. The van der Waals surface area contributed by atoms with Crippen LogP contribution in [-0.2, 0) is 10.0 Å². The summed E-state index contributed by atoms with van der Waals surface area (Å²) < 4.78 is 26.7. The highest BCUT2D eigenvalue weighted by atomic mass is 32.2. The van der Waals surface area contributed by atoms with Crippen molar-refractivity contribution < 1.29 is 8.42 Å². The maximum Gasteiger partial charge on any atom is 0.214 e. The van der Waals surface area contributed by atoms with E-state index in [1.54, 1.807) is 4.31 Å². The third-order valence-corrected chi connectivity index (χ3v) is 6.00. The number of rotatable bonds is 16. The van der Waals surface area contributed by atoms with E-state index in [0.717, 1.165) is 64.2 Å². The Hall–Kier alpha value is -1.11. The molecule has 0 saturated heterocycles. The smallest absolute Gasteiger partial charge is 0.212 e. The summed E-state index contributed by atoms with van der Waals surface area (Å²) in [6.07, 6.45) is 10.0. The molecule has 0 aromatic carbocycles. The van der Waals surface area contributed by atoms with Crippen molar-refractivity contribution in [2.45, 2.75) is 84.0 Å². The van der Waals surface area contributed by atoms with Gasteiger partial charge in [0.2, 0.25) is 10.0 Å². The second-order valence-corrected chi connectivity index (χ2v) is 8.30. The predicted octanol–water partition coefficient (Wildman–Crippen LogP) is 4.37. The Balaban J connectivity index is 4.36. The van der Waals surface area contributed by atoms with Crippen molar-refractivity contribution in [3.63, 3.8) is 0 Å². The monoisotopic (exact) mass is 355 g/mol. The minimum absolute atomic E-state index is 0.239. The van der Waals surface area contributed by atoms with Gasteiger partial charge in [-0.05, 0) is 32.1 Å². The van der Waals surface area contributed by atoms with E-state index in [4.69, 9.17) is 10.5 Å². The summed E-state index contributed by atoms with van der Waals surface area (Å²) in [7, 11) is -3.19. The molecule has 24 heavy (non-hydrogen) atoms. The fourth-order valence-corrected chi connectivity index (χ4v) is 4.21. The molecule has 0 amide bonds. The molecule has 0 aromatic rings. The topological polar surface area (TPSA) is 85.0 Å². The molecule has 0 atom stereocenters. The van der Waals surface area contributed by atoms with E-state index in [-0.39, 0.29) is 5.75 Å². The van der Waals surface area contributed by atoms with Gasteiger partial charge in [-0.1, -0.05) is 39.0 Å². The first-order valence-corrected chi connectivity index (χ1v) is 10.9. The fraction of sp³-hybridized carbons (Fsp3) is 0.889. The Morgan fingerprint density at radius 3 is 1.71 bits per heavy atom. The third-order valence-electron chi connectivity index (χ3n) is 4.04. The predicted molar refractivity (Wildman–Crippen MR) is 97.7 cm³/mol. The van der Waals surface area contributed by atoms with E-state index >= 15 is 0 Å². The molecule has 0 heterocycles. The molecular formula is C18H33N3O2S. The van der Waals surface area contributed by atoms with Crippen LogP contribution in [0.3, 0.4) is 0 Å². The van der Waals surface area contributed by atoms with Gasteiger partial charge in [0.25, 0.3) is 0 Å². The van der Waals surface area contributed by atoms with Crippen LogP contribution >= 0.6 is 0 Å². The lowest BCUT2D eigenvalue weighted by atomic mass is 10.2. The van der Waals surface area contributed by atoms with Crippen molar-refractivity contribution in [2.24, 2.45) is 0 Å². The van der Waals surface area contributed by atoms with E-state index < -0.39 is 10.0 Å². The molecule has 138 valence electrons. The van der Waals surface area contributed by atoms with Crippen LogP contribution in [0.4, 0.5) is 0 Å². The van der Waals surface area contributed by atoms with Crippen molar-refractivity contribution in [1.82, 2.24) is 4.31 Å². The summed E-state index contributed by atoms with van der Waals surface area (Å²) >= 11 is 0. The molecule has 6 heteroatoms. The lowest BCUT2D eigenvalue weighted by Gasteiger charge is -2.22. The summed E-state index contributed by atoms with van der Waals surface area (Å²) in [5.41, 5.74) is 0. The van der Waals surface area contributed by atoms with Crippen LogP contribution in [0.25, 0.3) is 0 Å². The number of nitrogens with zero attached hydrogens (tertiary/aromatic N) is 3. The van der Waals surface area contributed by atoms with Crippen molar-refractivity contribution in [3.8, 4) is 12.1 Å². The maximum atomic E-state index is 12.6. The van der Waals surface area contributed by atoms with Crippen molar-refractivity contribution >= 4 is 10.0 Å². The summed E-state index contributed by atoms with van der Waals surface area (Å²) in [6, 6.07) is 4.24. The maximum absolute atomic E-state index is 12.6. The van der Waals surface area contributed by atoms with E-state index in [2.05, 4.69) is 19.1 Å². The largest absolute Gasteiger partial charge is 0.214 e. The van der Waals surface area contributed by atoms with Crippen LogP contribution in [0.5, 0.6) is 0 Å². The van der Waals surface area contributed by atoms with Gasteiger partial charge in [0.1, 0.15) is 0 Å². The fourth-order valence-electron chi connectivity index (χ4n) is 2.57. The minimum Gasteiger partial charge on any atom is -0.212 e. The van der Waals surface area contributed by atoms with Crippen LogP contribution < -0.4 is 0 Å². The molecule has 0 spiro atoms. The molecule has 0 unspecified atom stereocenters. The highest BCUT2D eigenvalue weighted by Crippen LogP contribution is 2.12. The average molecular weight is 356 g/mol. The first-order valence-electron chi connectivity index (χ1n) is 9.30. The van der Waals surface area contributed by atoms with E-state index in [1.807, 2.05) is 0 Å². The van der Waals surface area contributed by atoms with Gasteiger partial charge in [0.05, 0.1) is 17.9 Å². The zero-order valence-corrected chi connectivity index (χ0v) is 16.0. The van der Waals surface area contributed by atoms with Crippen molar-refractivity contribution in [1.29, 1.82) is 10.5 Å². The third kappa shape index (κ3) is 12.3. The average Bonchev–Trinajstić information content (AvgIpc) is 2.56. The number of hydrogen-bond acceptors (Lipinski definition) is 4. The van der Waals surface area contributed by atoms with Gasteiger partial charge >= 0.3 is 0 Å². The van der Waals surface area contributed by atoms with Crippen LogP contribution in [0.15, 0.2) is 0 Å². The standard InChI is InChI=1S/C18H33N3O2S/c1-2-3-4-13-18-24(22,23)21(16-11-7-5-9-14-19)17-12-8-6-10-15-20/h2-13,16-18H2,1H3. The molecule has 0 bridgehead atoms. The molecule has 0 saturated carbocycles. The molecule has 0 radical (unpaired) electrons. The van der Waals surface area contributed by atoms with Crippen LogP contribution in [-0.4, -0.2) is 31.6 Å². The van der Waals surface area contributed by atoms with Gasteiger partial charge in [-0.25, -0.2) is 12.7 Å². The molecule has 0 aliphatic carbocycles. The molecule has 0 aliphatic heterocycles. The first-order chi connectivity index (χ1) is 11.6. The zero-order valence-electron chi connectivity index (χ0n) is 15.2. The highest BCUT2D eigenvalue weighted by Gasteiger charge is 2.20. The van der Waals surface area contributed by atoms with Crippen LogP contribution in [0, 0.1) is 22.7 Å². The number of hydrogen-bond donors (Lipinski definition) is 0. The Morgan fingerprint density at radius 2 is 1.25 bits per heavy atom. The lowest BCUT2D eigenvalue weighted by molar-refractivity contribution is 0.386. The van der Waals surface area contributed by atoms with Crippen LogP contribution in [0.2, 0.25) is 0 Å². The zero-order chi connectivity index (χ0) is 18.1. The molecular weight excluding hydrogens is 322 g/mol. The number of unbranched alkanes of at least 4 members (excludes halogenated alkanes) is 9. The molecule has 0 aromatic heterocycles. The number of sulfonamides is 1. The second-order valence-electron chi connectivity index (χ2n) is 6.21. The van der Waals surface area contributed by atoms with Gasteiger partial charge in [0, 0.05) is 25.9 Å². The lowest BCUT2D eigenvalue weighted by Crippen LogP contribution is -2.35. The molecule has 0 N–H and O–H groups in total.